The summed E-state index contributed by atoms with van der Waals surface area (Å²) in [7, 11) is 0. The molecule has 0 amide bonds. The zero-order valence-corrected chi connectivity index (χ0v) is 9.50. The number of aromatic nitrogens is 3. The second-order valence-electron chi connectivity index (χ2n) is 3.68. The van der Waals surface area contributed by atoms with Crippen molar-refractivity contribution in [1.29, 1.82) is 0 Å². The highest BCUT2D eigenvalue weighted by Gasteiger charge is 1.96. The lowest BCUT2D eigenvalue weighted by Gasteiger charge is -2.04. The molecule has 0 atom stereocenters. The van der Waals surface area contributed by atoms with E-state index in [-0.39, 0.29) is 0 Å². The third-order valence-corrected chi connectivity index (χ3v) is 2.35. The normalized spacial score (nSPS) is 10.4. The molecule has 0 bridgehead atoms. The van der Waals surface area contributed by atoms with E-state index in [9.17, 15) is 0 Å². The number of nitrogens with one attached hydrogen (secondary N) is 1. The van der Waals surface area contributed by atoms with Gasteiger partial charge < -0.3 is 11.1 Å². The van der Waals surface area contributed by atoms with Crippen LogP contribution in [0.4, 0.5) is 5.82 Å². The summed E-state index contributed by atoms with van der Waals surface area (Å²) >= 11 is 0. The highest BCUT2D eigenvalue weighted by molar-refractivity contribution is 5.24. The first-order valence-electron chi connectivity index (χ1n) is 5.51. The number of hydrogen-bond acceptors (Lipinski definition) is 5. The molecule has 3 N–H and O–H groups in total. The van der Waals surface area contributed by atoms with Crippen LogP contribution >= 0.6 is 0 Å². The van der Waals surface area contributed by atoms with Gasteiger partial charge in [-0.15, -0.1) is 0 Å². The number of nitrogen functional groups attached to an aromatic ring is 1. The monoisotopic (exact) mass is 229 g/mol. The zero-order valence-electron chi connectivity index (χ0n) is 9.50. The predicted octanol–water partition coefficient (Wildman–Crippen LogP) is 0.786. The largest absolute Gasteiger partial charge is 0.384 e. The minimum Gasteiger partial charge on any atom is -0.384 e. The van der Waals surface area contributed by atoms with Crippen molar-refractivity contribution >= 4 is 5.82 Å². The van der Waals surface area contributed by atoms with Gasteiger partial charge in [0.1, 0.15) is 11.6 Å². The number of rotatable bonds is 5. The number of pyridine rings is 1. The summed E-state index contributed by atoms with van der Waals surface area (Å²) in [5.74, 6) is 1.23. The van der Waals surface area contributed by atoms with Crippen molar-refractivity contribution in [3.05, 3.63) is 48.2 Å². The standard InChI is InChI=1S/C12H15N5/c13-11-4-8-16-12(17-11)9-15-7-3-10-1-5-14-6-2-10/h1-2,4-6,8,15H,3,7,9H2,(H2,13,16,17). The molecule has 0 aliphatic carbocycles. The lowest BCUT2D eigenvalue weighted by Crippen LogP contribution is -2.18. The number of nitrogens with zero attached hydrogens (tertiary/aromatic N) is 3. The third-order valence-electron chi connectivity index (χ3n) is 2.35. The van der Waals surface area contributed by atoms with E-state index in [1.54, 1.807) is 24.7 Å². The Hall–Kier alpha value is -2.01. The van der Waals surface area contributed by atoms with Crippen LogP contribution < -0.4 is 11.1 Å². The summed E-state index contributed by atoms with van der Waals surface area (Å²) in [6.07, 6.45) is 6.24. The van der Waals surface area contributed by atoms with Gasteiger partial charge >= 0.3 is 0 Å². The summed E-state index contributed by atoms with van der Waals surface area (Å²) in [6.45, 7) is 1.51. The average Bonchev–Trinajstić information content (AvgIpc) is 2.36. The van der Waals surface area contributed by atoms with Gasteiger partial charge in [0.2, 0.25) is 0 Å². The molecule has 0 saturated carbocycles. The van der Waals surface area contributed by atoms with Crippen LogP contribution in [0.15, 0.2) is 36.8 Å². The van der Waals surface area contributed by atoms with E-state index < -0.39 is 0 Å². The molecule has 2 aromatic rings. The summed E-state index contributed by atoms with van der Waals surface area (Å²) in [4.78, 5) is 12.2. The second kappa shape index (κ2) is 5.91. The molecule has 5 nitrogen and oxygen atoms in total. The van der Waals surface area contributed by atoms with Crippen LogP contribution in [0.1, 0.15) is 11.4 Å². The highest BCUT2D eigenvalue weighted by atomic mass is 15.0. The SMILES string of the molecule is Nc1ccnc(CNCCc2ccncc2)n1. The Morgan fingerprint density at radius 3 is 2.71 bits per heavy atom. The van der Waals surface area contributed by atoms with Crippen molar-refractivity contribution in [3.63, 3.8) is 0 Å². The maximum Gasteiger partial charge on any atom is 0.144 e. The maximum absolute atomic E-state index is 5.57. The number of nitrogens with two attached hydrogens (primary N) is 1. The maximum atomic E-state index is 5.57. The Bertz CT molecular complexity index is 457. The smallest absolute Gasteiger partial charge is 0.144 e. The molecule has 0 spiro atoms. The van der Waals surface area contributed by atoms with Crippen molar-refractivity contribution in [2.75, 3.05) is 12.3 Å². The van der Waals surface area contributed by atoms with Crippen molar-refractivity contribution < 1.29 is 0 Å². The molecule has 0 radical (unpaired) electrons. The molecule has 0 saturated heterocycles. The molecule has 2 heterocycles. The molecular weight excluding hydrogens is 214 g/mol. The molecule has 5 heteroatoms. The van der Waals surface area contributed by atoms with Gasteiger partial charge in [0.05, 0.1) is 6.54 Å². The van der Waals surface area contributed by atoms with E-state index in [1.165, 1.54) is 5.56 Å². The van der Waals surface area contributed by atoms with Crippen LogP contribution in [-0.2, 0) is 13.0 Å². The molecule has 88 valence electrons. The van der Waals surface area contributed by atoms with Crippen LogP contribution in [0.5, 0.6) is 0 Å². The Morgan fingerprint density at radius 2 is 1.94 bits per heavy atom. The van der Waals surface area contributed by atoms with Crippen molar-refractivity contribution in [2.45, 2.75) is 13.0 Å². The van der Waals surface area contributed by atoms with Gasteiger partial charge in [0.15, 0.2) is 0 Å². The van der Waals surface area contributed by atoms with Crippen molar-refractivity contribution in [1.82, 2.24) is 20.3 Å². The molecular formula is C12H15N5. The Kier molecular flexibility index (Phi) is 3.99. The molecule has 17 heavy (non-hydrogen) atoms. The third kappa shape index (κ3) is 3.81. The van der Waals surface area contributed by atoms with Gasteiger partial charge in [-0.05, 0) is 36.7 Å². The molecule has 0 unspecified atom stereocenters. The molecule has 0 aromatic carbocycles. The van der Waals surface area contributed by atoms with Gasteiger partial charge in [-0.25, -0.2) is 9.97 Å². The van der Waals surface area contributed by atoms with E-state index >= 15 is 0 Å². The zero-order chi connectivity index (χ0) is 11.9. The lowest BCUT2D eigenvalue weighted by molar-refractivity contribution is 0.659. The van der Waals surface area contributed by atoms with Crippen LogP contribution in [0, 0.1) is 0 Å². The van der Waals surface area contributed by atoms with Gasteiger partial charge in [-0.3, -0.25) is 4.98 Å². The predicted molar refractivity (Wildman–Crippen MR) is 66.1 cm³/mol. The van der Waals surface area contributed by atoms with E-state index in [4.69, 9.17) is 5.73 Å². The second-order valence-corrected chi connectivity index (χ2v) is 3.68. The van der Waals surface area contributed by atoms with E-state index in [1.807, 2.05) is 12.1 Å². The molecule has 0 fully saturated rings. The van der Waals surface area contributed by atoms with E-state index in [0.717, 1.165) is 18.8 Å². The van der Waals surface area contributed by atoms with Gasteiger partial charge in [0, 0.05) is 18.6 Å². The fourth-order valence-electron chi connectivity index (χ4n) is 1.48. The Morgan fingerprint density at radius 1 is 1.12 bits per heavy atom. The Labute approximate surface area is 100 Å². The molecule has 2 aromatic heterocycles. The van der Waals surface area contributed by atoms with E-state index in [0.29, 0.717) is 12.4 Å². The van der Waals surface area contributed by atoms with Gasteiger partial charge in [0.25, 0.3) is 0 Å². The molecule has 0 aliphatic rings. The minimum absolute atomic E-state index is 0.505. The number of hydrogen-bond donors (Lipinski definition) is 2. The lowest BCUT2D eigenvalue weighted by atomic mass is 10.2. The Balaban J connectivity index is 1.73. The average molecular weight is 229 g/mol. The van der Waals surface area contributed by atoms with Crippen LogP contribution in [0.2, 0.25) is 0 Å². The first kappa shape index (κ1) is 11.5. The fourth-order valence-corrected chi connectivity index (χ4v) is 1.48. The van der Waals surface area contributed by atoms with Crippen molar-refractivity contribution in [2.24, 2.45) is 0 Å². The summed E-state index contributed by atoms with van der Waals surface area (Å²) in [5, 5.41) is 3.28. The topological polar surface area (TPSA) is 76.7 Å². The quantitative estimate of drug-likeness (QED) is 0.741. The fraction of sp³-hybridized carbons (Fsp3) is 0.250. The molecule has 2 rings (SSSR count). The van der Waals surface area contributed by atoms with E-state index in [2.05, 4.69) is 20.3 Å². The van der Waals surface area contributed by atoms with Crippen LogP contribution in [-0.4, -0.2) is 21.5 Å². The highest BCUT2D eigenvalue weighted by Crippen LogP contribution is 1.97. The van der Waals surface area contributed by atoms with Crippen LogP contribution in [0.3, 0.4) is 0 Å². The first-order chi connectivity index (χ1) is 8.34. The van der Waals surface area contributed by atoms with Gasteiger partial charge in [-0.1, -0.05) is 0 Å². The molecule has 0 aliphatic heterocycles. The summed E-state index contributed by atoms with van der Waals surface area (Å²) < 4.78 is 0. The summed E-state index contributed by atoms with van der Waals surface area (Å²) in [5.41, 5.74) is 6.83. The number of anilines is 1. The van der Waals surface area contributed by atoms with Gasteiger partial charge in [-0.2, -0.15) is 0 Å². The minimum atomic E-state index is 0.505. The first-order valence-corrected chi connectivity index (χ1v) is 5.51. The van der Waals surface area contributed by atoms with Crippen molar-refractivity contribution in [3.8, 4) is 0 Å². The van der Waals surface area contributed by atoms with Crippen LogP contribution in [0.25, 0.3) is 0 Å². The summed E-state index contributed by atoms with van der Waals surface area (Å²) in [6, 6.07) is 5.71.